The standard InChI is InChI=1S/C10H20N2O5/c1-7(2)8(9(15)16)11-10(17)12(3-5-13)4-6-14/h7-8,13-14H,3-6H2,1-2H3,(H,11,17)(H,15,16). The van der Waals surface area contributed by atoms with E-state index in [4.69, 9.17) is 15.3 Å². The van der Waals surface area contributed by atoms with Gasteiger partial charge < -0.3 is 25.5 Å². The third-order valence-corrected chi connectivity index (χ3v) is 2.24. The van der Waals surface area contributed by atoms with Crippen LogP contribution in [0.4, 0.5) is 4.79 Å². The summed E-state index contributed by atoms with van der Waals surface area (Å²) in [5.74, 6) is -1.36. The lowest BCUT2D eigenvalue weighted by atomic mass is 10.1. The van der Waals surface area contributed by atoms with Crippen LogP contribution < -0.4 is 5.32 Å². The highest BCUT2D eigenvalue weighted by Gasteiger charge is 2.25. The molecule has 1 atom stereocenters. The summed E-state index contributed by atoms with van der Waals surface area (Å²) in [6.45, 7) is 2.98. The molecular weight excluding hydrogens is 228 g/mol. The molecule has 100 valence electrons. The summed E-state index contributed by atoms with van der Waals surface area (Å²) in [5, 5.41) is 28.7. The van der Waals surface area contributed by atoms with Gasteiger partial charge in [-0.2, -0.15) is 0 Å². The van der Waals surface area contributed by atoms with Crippen molar-refractivity contribution in [3.8, 4) is 0 Å². The summed E-state index contributed by atoms with van der Waals surface area (Å²) >= 11 is 0. The summed E-state index contributed by atoms with van der Waals surface area (Å²) < 4.78 is 0. The number of aliphatic carboxylic acids is 1. The third-order valence-electron chi connectivity index (χ3n) is 2.24. The molecular formula is C10H20N2O5. The van der Waals surface area contributed by atoms with Crippen molar-refractivity contribution in [1.82, 2.24) is 10.2 Å². The van der Waals surface area contributed by atoms with Crippen LogP contribution in [0, 0.1) is 5.92 Å². The van der Waals surface area contributed by atoms with E-state index in [1.54, 1.807) is 13.8 Å². The van der Waals surface area contributed by atoms with Gasteiger partial charge in [-0.15, -0.1) is 0 Å². The Hall–Kier alpha value is -1.34. The quantitative estimate of drug-likeness (QED) is 0.466. The normalized spacial score (nSPS) is 12.3. The van der Waals surface area contributed by atoms with Crippen molar-refractivity contribution in [2.24, 2.45) is 5.92 Å². The first kappa shape index (κ1) is 15.7. The van der Waals surface area contributed by atoms with Crippen LogP contribution in [0.25, 0.3) is 0 Å². The van der Waals surface area contributed by atoms with Crippen LogP contribution in [0.1, 0.15) is 13.8 Å². The molecule has 7 nitrogen and oxygen atoms in total. The number of carboxylic acid groups (broad SMARTS) is 1. The average molecular weight is 248 g/mol. The van der Waals surface area contributed by atoms with Crippen LogP contribution in [-0.4, -0.2) is 64.6 Å². The molecule has 0 saturated heterocycles. The van der Waals surface area contributed by atoms with Gasteiger partial charge >= 0.3 is 12.0 Å². The van der Waals surface area contributed by atoms with Crippen molar-refractivity contribution >= 4 is 12.0 Å². The molecule has 7 heteroatoms. The Labute approximate surface area is 100 Å². The van der Waals surface area contributed by atoms with E-state index >= 15 is 0 Å². The lowest BCUT2D eigenvalue weighted by molar-refractivity contribution is -0.140. The van der Waals surface area contributed by atoms with Gasteiger partial charge in [0.25, 0.3) is 0 Å². The predicted octanol–water partition coefficient (Wildman–Crippen LogP) is -0.908. The first-order chi connectivity index (χ1) is 7.93. The van der Waals surface area contributed by atoms with Crippen molar-refractivity contribution in [2.75, 3.05) is 26.3 Å². The summed E-state index contributed by atoms with van der Waals surface area (Å²) in [7, 11) is 0. The zero-order valence-corrected chi connectivity index (χ0v) is 10.1. The number of nitrogens with one attached hydrogen (secondary N) is 1. The predicted molar refractivity (Wildman–Crippen MR) is 60.5 cm³/mol. The van der Waals surface area contributed by atoms with E-state index in [0.717, 1.165) is 4.90 Å². The fourth-order valence-electron chi connectivity index (χ4n) is 1.29. The molecule has 0 spiro atoms. The van der Waals surface area contributed by atoms with Crippen molar-refractivity contribution < 1.29 is 24.9 Å². The van der Waals surface area contributed by atoms with Gasteiger partial charge in [-0.25, -0.2) is 9.59 Å². The van der Waals surface area contributed by atoms with Crippen LogP contribution in [0.5, 0.6) is 0 Å². The SMILES string of the molecule is CC(C)C(NC(=O)N(CCO)CCO)C(=O)O. The van der Waals surface area contributed by atoms with Crippen LogP contribution >= 0.6 is 0 Å². The molecule has 0 aromatic heterocycles. The Kier molecular flexibility index (Phi) is 7.24. The summed E-state index contributed by atoms with van der Waals surface area (Å²) in [6.07, 6.45) is 0. The fourth-order valence-corrected chi connectivity index (χ4v) is 1.29. The van der Waals surface area contributed by atoms with E-state index in [1.807, 2.05) is 0 Å². The maximum absolute atomic E-state index is 11.7. The maximum Gasteiger partial charge on any atom is 0.326 e. The third kappa shape index (κ3) is 5.50. The zero-order valence-electron chi connectivity index (χ0n) is 10.1. The van der Waals surface area contributed by atoms with Gasteiger partial charge in [0.15, 0.2) is 0 Å². The van der Waals surface area contributed by atoms with E-state index in [2.05, 4.69) is 5.32 Å². The second-order valence-corrected chi connectivity index (χ2v) is 3.94. The molecule has 17 heavy (non-hydrogen) atoms. The highest BCUT2D eigenvalue weighted by Crippen LogP contribution is 2.03. The highest BCUT2D eigenvalue weighted by atomic mass is 16.4. The molecule has 0 aliphatic heterocycles. The Bertz CT molecular complexity index is 251. The van der Waals surface area contributed by atoms with E-state index in [-0.39, 0.29) is 32.2 Å². The van der Waals surface area contributed by atoms with Gasteiger partial charge in [0.2, 0.25) is 0 Å². The first-order valence-electron chi connectivity index (χ1n) is 5.44. The van der Waals surface area contributed by atoms with Gasteiger partial charge in [0, 0.05) is 13.1 Å². The second kappa shape index (κ2) is 7.86. The molecule has 0 heterocycles. The lowest BCUT2D eigenvalue weighted by Crippen LogP contribution is -2.51. The number of rotatable bonds is 7. The molecule has 0 aromatic carbocycles. The average Bonchev–Trinajstić information content (AvgIpc) is 2.24. The van der Waals surface area contributed by atoms with Crippen LogP contribution in [0.15, 0.2) is 0 Å². The molecule has 2 amide bonds. The number of nitrogens with zero attached hydrogens (tertiary/aromatic N) is 1. The number of carboxylic acids is 1. The number of carbonyl (C=O) groups is 2. The molecule has 1 unspecified atom stereocenters. The zero-order chi connectivity index (χ0) is 13.4. The van der Waals surface area contributed by atoms with Crippen LogP contribution in [-0.2, 0) is 4.79 Å². The number of urea groups is 1. The summed E-state index contributed by atoms with van der Waals surface area (Å²) in [6, 6.07) is -1.59. The van der Waals surface area contributed by atoms with Gasteiger partial charge in [0.05, 0.1) is 13.2 Å². The van der Waals surface area contributed by atoms with Gasteiger partial charge in [0.1, 0.15) is 6.04 Å². The molecule has 0 aliphatic carbocycles. The molecule has 0 fully saturated rings. The summed E-state index contributed by atoms with van der Waals surface area (Å²) in [5.41, 5.74) is 0. The molecule has 0 saturated carbocycles. The molecule has 0 aliphatic rings. The minimum atomic E-state index is -1.11. The molecule has 0 rings (SSSR count). The van der Waals surface area contributed by atoms with Gasteiger partial charge in [-0.3, -0.25) is 0 Å². The Morgan fingerprint density at radius 2 is 1.65 bits per heavy atom. The lowest BCUT2D eigenvalue weighted by Gasteiger charge is -2.25. The van der Waals surface area contributed by atoms with E-state index in [0.29, 0.717) is 0 Å². The fraction of sp³-hybridized carbons (Fsp3) is 0.800. The summed E-state index contributed by atoms with van der Waals surface area (Å²) in [4.78, 5) is 23.7. The molecule has 0 bridgehead atoms. The van der Waals surface area contributed by atoms with Gasteiger partial charge in [-0.05, 0) is 5.92 Å². The Morgan fingerprint density at radius 3 is 1.94 bits per heavy atom. The van der Waals surface area contributed by atoms with E-state index < -0.39 is 18.0 Å². The topological polar surface area (TPSA) is 110 Å². The van der Waals surface area contributed by atoms with Crippen molar-refractivity contribution in [3.05, 3.63) is 0 Å². The Morgan fingerprint density at radius 1 is 1.18 bits per heavy atom. The van der Waals surface area contributed by atoms with Crippen LogP contribution in [0.2, 0.25) is 0 Å². The van der Waals surface area contributed by atoms with Crippen molar-refractivity contribution in [3.63, 3.8) is 0 Å². The number of hydrogen-bond acceptors (Lipinski definition) is 4. The van der Waals surface area contributed by atoms with E-state index in [1.165, 1.54) is 0 Å². The minimum Gasteiger partial charge on any atom is -0.480 e. The number of aliphatic hydroxyl groups excluding tert-OH is 2. The van der Waals surface area contributed by atoms with Crippen molar-refractivity contribution in [1.29, 1.82) is 0 Å². The Balaban J connectivity index is 4.50. The monoisotopic (exact) mass is 248 g/mol. The minimum absolute atomic E-state index is 0.0524. The number of carbonyl (C=O) groups excluding carboxylic acids is 1. The number of aliphatic hydroxyl groups is 2. The smallest absolute Gasteiger partial charge is 0.326 e. The largest absolute Gasteiger partial charge is 0.480 e. The molecule has 0 radical (unpaired) electrons. The highest BCUT2D eigenvalue weighted by molar-refractivity contribution is 5.82. The van der Waals surface area contributed by atoms with E-state index in [9.17, 15) is 9.59 Å². The molecule has 4 N–H and O–H groups in total. The van der Waals surface area contributed by atoms with Crippen molar-refractivity contribution in [2.45, 2.75) is 19.9 Å². The molecule has 0 aromatic rings. The number of amides is 2. The number of hydrogen-bond donors (Lipinski definition) is 4. The maximum atomic E-state index is 11.7. The van der Waals surface area contributed by atoms with Gasteiger partial charge in [-0.1, -0.05) is 13.8 Å². The first-order valence-corrected chi connectivity index (χ1v) is 5.44. The second-order valence-electron chi connectivity index (χ2n) is 3.94. The van der Waals surface area contributed by atoms with Crippen LogP contribution in [0.3, 0.4) is 0 Å².